The van der Waals surface area contributed by atoms with E-state index in [0.717, 1.165) is 33.0 Å². The molecule has 0 amide bonds. The van der Waals surface area contributed by atoms with Crippen molar-refractivity contribution < 1.29 is 9.53 Å². The molecule has 0 saturated carbocycles. The van der Waals surface area contributed by atoms with Gasteiger partial charge in [0.25, 0.3) is 0 Å². The van der Waals surface area contributed by atoms with Crippen LogP contribution < -0.4 is 4.74 Å². The summed E-state index contributed by atoms with van der Waals surface area (Å²) in [7, 11) is 0. The van der Waals surface area contributed by atoms with Gasteiger partial charge in [0.15, 0.2) is 0 Å². The summed E-state index contributed by atoms with van der Waals surface area (Å²) in [4.78, 5) is 12.3. The summed E-state index contributed by atoms with van der Waals surface area (Å²) in [6.45, 7) is 10.9. The highest BCUT2D eigenvalue weighted by molar-refractivity contribution is 6.30. The maximum Gasteiger partial charge on any atom is 0.137 e. The number of hydrogen-bond donors (Lipinski definition) is 0. The number of benzene rings is 2. The first kappa shape index (κ1) is 19.5. The molecule has 0 fully saturated rings. The van der Waals surface area contributed by atoms with Gasteiger partial charge in [0.05, 0.1) is 0 Å². The molecule has 0 N–H and O–H groups in total. The predicted octanol–water partition coefficient (Wildman–Crippen LogP) is 6.08. The van der Waals surface area contributed by atoms with E-state index in [4.69, 9.17) is 16.3 Å². The van der Waals surface area contributed by atoms with Gasteiger partial charge in [0.2, 0.25) is 0 Å². The van der Waals surface area contributed by atoms with E-state index in [9.17, 15) is 4.79 Å². The normalized spacial score (nSPS) is 11.4. The van der Waals surface area contributed by atoms with E-state index in [-0.39, 0.29) is 11.2 Å². The van der Waals surface area contributed by atoms with Crippen molar-refractivity contribution in [1.82, 2.24) is 0 Å². The van der Waals surface area contributed by atoms with Crippen LogP contribution in [0.15, 0.2) is 36.4 Å². The third kappa shape index (κ3) is 6.21. The fourth-order valence-electron chi connectivity index (χ4n) is 2.91. The van der Waals surface area contributed by atoms with Crippen LogP contribution in [-0.2, 0) is 17.8 Å². The maximum atomic E-state index is 12.3. The molecule has 0 aliphatic carbocycles. The van der Waals surface area contributed by atoms with Crippen molar-refractivity contribution in [3.63, 3.8) is 0 Å². The Morgan fingerprint density at radius 3 is 2.12 bits per heavy atom. The van der Waals surface area contributed by atoms with Crippen molar-refractivity contribution in [2.75, 3.05) is 0 Å². The smallest absolute Gasteiger partial charge is 0.137 e. The van der Waals surface area contributed by atoms with Crippen LogP contribution in [0.1, 0.15) is 49.4 Å². The van der Waals surface area contributed by atoms with Gasteiger partial charge in [-0.15, -0.1) is 0 Å². The van der Waals surface area contributed by atoms with E-state index < -0.39 is 0 Å². The summed E-state index contributed by atoms with van der Waals surface area (Å²) in [5, 5.41) is 0.722. The molecule has 0 atom stereocenters. The molecule has 0 aliphatic heterocycles. The zero-order chi connectivity index (χ0) is 18.6. The van der Waals surface area contributed by atoms with E-state index in [2.05, 4.69) is 20.8 Å². The van der Waals surface area contributed by atoms with Crippen molar-refractivity contribution in [3.8, 4) is 5.75 Å². The molecule has 0 unspecified atom stereocenters. The Kier molecular flexibility index (Phi) is 6.29. The van der Waals surface area contributed by atoms with Crippen LogP contribution in [0.25, 0.3) is 0 Å². The molecule has 0 saturated heterocycles. The van der Waals surface area contributed by atoms with Crippen molar-refractivity contribution in [3.05, 3.63) is 63.7 Å². The van der Waals surface area contributed by atoms with Crippen molar-refractivity contribution in [1.29, 1.82) is 0 Å². The van der Waals surface area contributed by atoms with E-state index in [1.807, 2.05) is 50.2 Å². The largest absolute Gasteiger partial charge is 0.489 e. The topological polar surface area (TPSA) is 26.3 Å². The molecule has 2 aromatic rings. The molecule has 0 aliphatic rings. The van der Waals surface area contributed by atoms with Crippen LogP contribution >= 0.6 is 11.6 Å². The number of ketones is 1. The van der Waals surface area contributed by atoms with Crippen molar-refractivity contribution in [2.24, 2.45) is 5.41 Å². The molecule has 0 bridgehead atoms. The zero-order valence-electron chi connectivity index (χ0n) is 15.8. The lowest BCUT2D eigenvalue weighted by Crippen LogP contribution is -2.15. The van der Waals surface area contributed by atoms with Gasteiger partial charge in [0, 0.05) is 17.9 Å². The third-order valence-electron chi connectivity index (χ3n) is 4.09. The zero-order valence-corrected chi connectivity index (χ0v) is 16.5. The first-order valence-electron chi connectivity index (χ1n) is 8.63. The minimum atomic E-state index is 0.0283. The van der Waals surface area contributed by atoms with E-state index in [1.165, 1.54) is 0 Å². The molecule has 2 rings (SSSR count). The fourth-order valence-corrected chi connectivity index (χ4v) is 3.04. The molecule has 0 aromatic heterocycles. The van der Waals surface area contributed by atoms with Crippen LogP contribution in [0, 0.1) is 19.3 Å². The first-order chi connectivity index (χ1) is 11.6. The molecule has 134 valence electrons. The number of aryl methyl sites for hydroxylation is 2. The standard InChI is InChI=1S/C22H27ClO2/c1-15-10-20(25-14-17-6-8-18(23)9-7-17)11-16(2)21(15)12-19(24)13-22(3,4)5/h6-11H,12-14H2,1-5H3. The van der Waals surface area contributed by atoms with Gasteiger partial charge in [-0.2, -0.15) is 0 Å². The SMILES string of the molecule is Cc1cc(OCc2ccc(Cl)cc2)cc(C)c1CC(=O)CC(C)(C)C. The highest BCUT2D eigenvalue weighted by atomic mass is 35.5. The molecule has 2 nitrogen and oxygen atoms in total. The molecule has 3 heteroatoms. The van der Waals surface area contributed by atoms with Gasteiger partial charge in [0.1, 0.15) is 18.1 Å². The second kappa shape index (κ2) is 8.05. The highest BCUT2D eigenvalue weighted by Crippen LogP contribution is 2.26. The first-order valence-corrected chi connectivity index (χ1v) is 9.01. The number of rotatable bonds is 6. The van der Waals surface area contributed by atoms with Gasteiger partial charge in [-0.3, -0.25) is 4.79 Å². The minimum Gasteiger partial charge on any atom is -0.489 e. The quantitative estimate of drug-likeness (QED) is 0.625. The lowest BCUT2D eigenvalue weighted by Gasteiger charge is -2.18. The number of ether oxygens (including phenoxy) is 1. The Morgan fingerprint density at radius 2 is 1.60 bits per heavy atom. The highest BCUT2D eigenvalue weighted by Gasteiger charge is 2.18. The average Bonchev–Trinajstić information content (AvgIpc) is 2.48. The van der Waals surface area contributed by atoms with Crippen LogP contribution in [0.3, 0.4) is 0 Å². The monoisotopic (exact) mass is 358 g/mol. The Labute approximate surface area is 156 Å². The third-order valence-corrected chi connectivity index (χ3v) is 4.34. The van der Waals surface area contributed by atoms with Crippen LogP contribution in [0.4, 0.5) is 0 Å². The van der Waals surface area contributed by atoms with Crippen LogP contribution in [-0.4, -0.2) is 5.78 Å². The van der Waals surface area contributed by atoms with E-state index >= 15 is 0 Å². The second-order valence-electron chi connectivity index (χ2n) is 7.90. The molecule has 2 aromatic carbocycles. The summed E-state index contributed by atoms with van der Waals surface area (Å²) in [6.07, 6.45) is 1.09. The van der Waals surface area contributed by atoms with Gasteiger partial charge < -0.3 is 4.74 Å². The van der Waals surface area contributed by atoms with Gasteiger partial charge >= 0.3 is 0 Å². The Balaban J connectivity index is 2.06. The van der Waals surface area contributed by atoms with Gasteiger partial charge in [-0.05, 0) is 65.8 Å². The number of carbonyl (C=O) groups is 1. The minimum absolute atomic E-state index is 0.0283. The molecular formula is C22H27ClO2. The summed E-state index contributed by atoms with van der Waals surface area (Å²) in [6, 6.07) is 11.7. The molecule has 0 radical (unpaired) electrons. The van der Waals surface area contributed by atoms with Crippen molar-refractivity contribution in [2.45, 2.75) is 54.1 Å². The van der Waals surface area contributed by atoms with E-state index in [1.54, 1.807) is 0 Å². The Hall–Kier alpha value is -1.80. The molecular weight excluding hydrogens is 332 g/mol. The van der Waals surface area contributed by atoms with Crippen LogP contribution in [0.5, 0.6) is 5.75 Å². The lowest BCUT2D eigenvalue weighted by molar-refractivity contribution is -0.120. The summed E-state index contributed by atoms with van der Waals surface area (Å²) >= 11 is 5.90. The summed E-state index contributed by atoms with van der Waals surface area (Å²) < 4.78 is 5.91. The molecule has 0 heterocycles. The lowest BCUT2D eigenvalue weighted by atomic mass is 9.87. The number of Topliss-reactive ketones (excluding diaryl/α,β-unsaturated/α-hetero) is 1. The van der Waals surface area contributed by atoms with Gasteiger partial charge in [-0.1, -0.05) is 44.5 Å². The number of carbonyl (C=O) groups excluding carboxylic acids is 1. The summed E-state index contributed by atoms with van der Waals surface area (Å²) in [5.74, 6) is 1.12. The van der Waals surface area contributed by atoms with Crippen molar-refractivity contribution >= 4 is 17.4 Å². The Morgan fingerprint density at radius 1 is 1.04 bits per heavy atom. The van der Waals surface area contributed by atoms with E-state index in [0.29, 0.717) is 19.4 Å². The fraction of sp³-hybridized carbons (Fsp3) is 0.409. The van der Waals surface area contributed by atoms with Gasteiger partial charge in [-0.25, -0.2) is 0 Å². The number of hydrogen-bond acceptors (Lipinski definition) is 2. The van der Waals surface area contributed by atoms with Crippen LogP contribution in [0.2, 0.25) is 5.02 Å². The Bertz CT molecular complexity index is 717. The number of halogens is 1. The average molecular weight is 359 g/mol. The summed E-state index contributed by atoms with van der Waals surface area (Å²) in [5.41, 5.74) is 4.43. The molecule has 25 heavy (non-hydrogen) atoms. The maximum absolute atomic E-state index is 12.3. The molecule has 0 spiro atoms. The predicted molar refractivity (Wildman–Crippen MR) is 104 cm³/mol. The second-order valence-corrected chi connectivity index (χ2v) is 8.34.